The molecule has 2 aromatic heterocycles. The molecule has 4 rings (SSSR count). The fraction of sp³-hybridized carbons (Fsp3) is 0.381. The maximum Gasteiger partial charge on any atom is 0.260 e. The summed E-state index contributed by atoms with van der Waals surface area (Å²) in [5, 5.41) is 1.10. The summed E-state index contributed by atoms with van der Waals surface area (Å²) in [6.45, 7) is 9.08. The molecule has 0 atom stereocenters. The van der Waals surface area contributed by atoms with Gasteiger partial charge in [-0.3, -0.25) is 4.79 Å². The fourth-order valence-corrected chi connectivity index (χ4v) is 4.34. The Morgan fingerprint density at radius 3 is 2.71 bits per heavy atom. The highest BCUT2D eigenvalue weighted by molar-refractivity contribution is 7.18. The molecule has 0 unspecified atom stereocenters. The third-order valence-corrected chi connectivity index (χ3v) is 6.23. The van der Waals surface area contributed by atoms with E-state index in [1.54, 1.807) is 17.7 Å². The largest absolute Gasteiger partial charge is 0.483 e. The van der Waals surface area contributed by atoms with Crippen LogP contribution in [0, 0.1) is 20.8 Å². The van der Waals surface area contributed by atoms with Gasteiger partial charge in [0.2, 0.25) is 0 Å². The molecule has 1 aliphatic heterocycles. The smallest absolute Gasteiger partial charge is 0.260 e. The molecule has 28 heavy (non-hydrogen) atoms. The van der Waals surface area contributed by atoms with Gasteiger partial charge in [0.05, 0.1) is 5.39 Å². The monoisotopic (exact) mass is 396 g/mol. The lowest BCUT2D eigenvalue weighted by Crippen LogP contribution is -2.50. The predicted molar refractivity (Wildman–Crippen MR) is 112 cm³/mol. The summed E-state index contributed by atoms with van der Waals surface area (Å²) in [5.74, 6) is 1.77. The average molecular weight is 397 g/mol. The lowest BCUT2D eigenvalue weighted by atomic mass is 10.1. The molecular formula is C21H24N4O2S. The van der Waals surface area contributed by atoms with Crippen molar-refractivity contribution in [1.29, 1.82) is 0 Å². The number of aromatic nitrogens is 2. The number of rotatable bonds is 4. The second-order valence-electron chi connectivity index (χ2n) is 7.13. The van der Waals surface area contributed by atoms with Crippen LogP contribution in [0.25, 0.3) is 10.2 Å². The first-order valence-corrected chi connectivity index (χ1v) is 10.3. The van der Waals surface area contributed by atoms with E-state index in [2.05, 4.69) is 27.9 Å². The number of thiophene rings is 1. The molecule has 0 radical (unpaired) electrons. The molecule has 1 fully saturated rings. The minimum atomic E-state index is 0.0276. The minimum absolute atomic E-state index is 0.0276. The quantitative estimate of drug-likeness (QED) is 0.677. The van der Waals surface area contributed by atoms with E-state index in [-0.39, 0.29) is 12.5 Å². The van der Waals surface area contributed by atoms with E-state index in [0.717, 1.165) is 40.4 Å². The van der Waals surface area contributed by atoms with E-state index < -0.39 is 0 Å². The highest BCUT2D eigenvalue weighted by Gasteiger charge is 2.24. The molecule has 0 bridgehead atoms. The molecule has 6 nitrogen and oxygen atoms in total. The summed E-state index contributed by atoms with van der Waals surface area (Å²) in [4.78, 5) is 27.8. The van der Waals surface area contributed by atoms with Crippen LogP contribution < -0.4 is 9.64 Å². The van der Waals surface area contributed by atoms with Gasteiger partial charge in [-0.1, -0.05) is 12.1 Å². The van der Waals surface area contributed by atoms with Gasteiger partial charge in [0.25, 0.3) is 5.91 Å². The fourth-order valence-electron chi connectivity index (χ4n) is 3.49. The first-order valence-electron chi connectivity index (χ1n) is 9.46. The Morgan fingerprint density at radius 2 is 1.93 bits per heavy atom. The lowest BCUT2D eigenvalue weighted by molar-refractivity contribution is -0.133. The summed E-state index contributed by atoms with van der Waals surface area (Å²) in [5.41, 5.74) is 2.25. The molecule has 1 aliphatic rings. The number of carbonyl (C=O) groups is 1. The van der Waals surface area contributed by atoms with Crippen LogP contribution >= 0.6 is 11.3 Å². The third kappa shape index (κ3) is 3.67. The summed E-state index contributed by atoms with van der Waals surface area (Å²) >= 11 is 1.68. The van der Waals surface area contributed by atoms with Gasteiger partial charge in [0, 0.05) is 31.1 Å². The minimum Gasteiger partial charge on any atom is -0.483 e. The second-order valence-corrected chi connectivity index (χ2v) is 8.36. The molecule has 0 N–H and O–H groups in total. The molecule has 0 spiro atoms. The van der Waals surface area contributed by atoms with Gasteiger partial charge in [0.15, 0.2) is 6.61 Å². The Labute approximate surface area is 168 Å². The zero-order chi connectivity index (χ0) is 19.7. The van der Waals surface area contributed by atoms with Crippen LogP contribution in [0.2, 0.25) is 0 Å². The first-order chi connectivity index (χ1) is 13.5. The molecule has 3 heterocycles. The summed E-state index contributed by atoms with van der Waals surface area (Å²) < 4.78 is 5.78. The molecule has 146 valence electrons. The molecule has 3 aromatic rings. The summed E-state index contributed by atoms with van der Waals surface area (Å²) in [6, 6.07) is 8.06. The van der Waals surface area contributed by atoms with Gasteiger partial charge in [-0.05, 0) is 44.0 Å². The molecule has 1 saturated heterocycles. The summed E-state index contributed by atoms with van der Waals surface area (Å²) in [7, 11) is 0. The lowest BCUT2D eigenvalue weighted by Gasteiger charge is -2.35. The molecule has 1 amide bonds. The number of amides is 1. The summed E-state index contributed by atoms with van der Waals surface area (Å²) in [6.07, 6.45) is 1.63. The number of aryl methyl sites for hydroxylation is 2. The van der Waals surface area contributed by atoms with Crippen molar-refractivity contribution in [2.24, 2.45) is 0 Å². The zero-order valence-corrected chi connectivity index (χ0v) is 17.3. The number of fused-ring (bicyclic) bond motifs is 1. The van der Waals surface area contributed by atoms with Gasteiger partial charge < -0.3 is 14.5 Å². The average Bonchev–Trinajstić information content (AvgIpc) is 3.09. The second kappa shape index (κ2) is 7.75. The number of hydrogen-bond acceptors (Lipinski definition) is 6. The highest BCUT2D eigenvalue weighted by atomic mass is 32.1. The Balaban J connectivity index is 1.37. The topological polar surface area (TPSA) is 58.6 Å². The van der Waals surface area contributed by atoms with Crippen molar-refractivity contribution in [3.8, 4) is 5.75 Å². The number of nitrogens with zero attached hydrogens (tertiary/aromatic N) is 4. The Hall–Kier alpha value is -2.67. The normalized spacial score (nSPS) is 14.5. The van der Waals surface area contributed by atoms with Crippen molar-refractivity contribution < 1.29 is 9.53 Å². The van der Waals surface area contributed by atoms with Crippen molar-refractivity contribution in [2.75, 3.05) is 37.7 Å². The number of piperazine rings is 1. The molecule has 7 heteroatoms. The van der Waals surface area contributed by atoms with E-state index in [4.69, 9.17) is 4.74 Å². The predicted octanol–water partition coefficient (Wildman–Crippen LogP) is 3.34. The van der Waals surface area contributed by atoms with E-state index in [0.29, 0.717) is 13.1 Å². The van der Waals surface area contributed by atoms with Crippen LogP contribution in [-0.2, 0) is 4.79 Å². The van der Waals surface area contributed by atoms with Gasteiger partial charge in [-0.15, -0.1) is 11.3 Å². The number of hydrogen-bond donors (Lipinski definition) is 0. The highest BCUT2D eigenvalue weighted by Crippen LogP contribution is 2.30. The Morgan fingerprint density at radius 1 is 1.14 bits per heavy atom. The van der Waals surface area contributed by atoms with Crippen molar-refractivity contribution in [3.63, 3.8) is 0 Å². The van der Waals surface area contributed by atoms with Crippen LogP contribution in [0.1, 0.15) is 16.0 Å². The van der Waals surface area contributed by atoms with Crippen LogP contribution in [-0.4, -0.2) is 53.6 Å². The van der Waals surface area contributed by atoms with Crippen LogP contribution in [0.15, 0.2) is 30.6 Å². The van der Waals surface area contributed by atoms with Gasteiger partial charge >= 0.3 is 0 Å². The third-order valence-electron chi connectivity index (χ3n) is 5.27. The molecule has 0 aliphatic carbocycles. The van der Waals surface area contributed by atoms with E-state index in [1.165, 1.54) is 10.4 Å². The standard InChI is InChI=1S/C21H24N4O2S/c1-14-5-4-6-18(16(14)3)27-12-19(26)24-7-9-25(10-8-24)20-17-11-15(2)28-21(17)23-13-22-20/h4-6,11,13H,7-10,12H2,1-3H3. The van der Waals surface area contributed by atoms with E-state index >= 15 is 0 Å². The van der Waals surface area contributed by atoms with Crippen molar-refractivity contribution in [3.05, 3.63) is 46.6 Å². The van der Waals surface area contributed by atoms with E-state index in [1.807, 2.05) is 36.9 Å². The van der Waals surface area contributed by atoms with Gasteiger partial charge in [-0.2, -0.15) is 0 Å². The molecule has 0 saturated carbocycles. The van der Waals surface area contributed by atoms with Crippen LogP contribution in [0.5, 0.6) is 5.75 Å². The maximum absolute atomic E-state index is 12.6. The number of benzene rings is 1. The number of ether oxygens (including phenoxy) is 1. The van der Waals surface area contributed by atoms with Crippen molar-refractivity contribution in [2.45, 2.75) is 20.8 Å². The van der Waals surface area contributed by atoms with Crippen LogP contribution in [0.3, 0.4) is 0 Å². The zero-order valence-electron chi connectivity index (χ0n) is 16.4. The molecular weight excluding hydrogens is 372 g/mol. The van der Waals surface area contributed by atoms with E-state index in [9.17, 15) is 4.79 Å². The van der Waals surface area contributed by atoms with Crippen molar-refractivity contribution >= 4 is 33.3 Å². The number of anilines is 1. The van der Waals surface area contributed by atoms with Gasteiger partial charge in [-0.25, -0.2) is 9.97 Å². The molecule has 1 aromatic carbocycles. The van der Waals surface area contributed by atoms with Crippen molar-refractivity contribution in [1.82, 2.24) is 14.9 Å². The Kier molecular flexibility index (Phi) is 5.17. The first kappa shape index (κ1) is 18.7. The van der Waals surface area contributed by atoms with Crippen LogP contribution in [0.4, 0.5) is 5.82 Å². The Bertz CT molecular complexity index is 1010. The maximum atomic E-state index is 12.6. The SMILES string of the molecule is Cc1cc2c(N3CCN(C(=O)COc4cccc(C)c4C)CC3)ncnc2s1. The van der Waals surface area contributed by atoms with Gasteiger partial charge in [0.1, 0.15) is 22.7 Å². The number of carbonyl (C=O) groups excluding carboxylic acids is 1.